The Morgan fingerprint density at radius 1 is 0.969 bits per heavy atom. The van der Waals surface area contributed by atoms with E-state index in [2.05, 4.69) is 5.32 Å². The summed E-state index contributed by atoms with van der Waals surface area (Å²) < 4.78 is 21.0. The lowest BCUT2D eigenvalue weighted by molar-refractivity contribution is -0.118. The van der Waals surface area contributed by atoms with Crippen LogP contribution in [0.25, 0.3) is 11.0 Å². The molecule has 1 aromatic heterocycles. The number of esters is 2. The molecule has 0 saturated carbocycles. The molecule has 8 nitrogen and oxygen atoms in total. The van der Waals surface area contributed by atoms with Crippen molar-refractivity contribution in [3.8, 4) is 5.75 Å². The Balaban J connectivity index is 1.49. The molecule has 0 atom stereocenters. The fraction of sp³-hybridized carbons (Fsp3) is 0.292. The summed E-state index contributed by atoms with van der Waals surface area (Å²) >= 11 is 0. The second kappa shape index (κ2) is 9.13. The molecule has 1 N–H and O–H groups in total. The molecule has 0 radical (unpaired) electrons. The molecule has 3 aromatic rings. The fourth-order valence-corrected chi connectivity index (χ4v) is 3.85. The summed E-state index contributed by atoms with van der Waals surface area (Å²) in [5.41, 5.74) is 2.46. The summed E-state index contributed by atoms with van der Waals surface area (Å²) in [7, 11) is 2.48. The number of aryl methyl sites for hydroxylation is 2. The number of hydrogen-bond acceptors (Lipinski definition) is 7. The average Bonchev–Trinajstić information content (AvgIpc) is 3.19. The van der Waals surface area contributed by atoms with Crippen LogP contribution >= 0.6 is 0 Å². The van der Waals surface area contributed by atoms with Crippen molar-refractivity contribution >= 4 is 34.5 Å². The van der Waals surface area contributed by atoms with Crippen LogP contribution in [0.3, 0.4) is 0 Å². The van der Waals surface area contributed by atoms with Crippen LogP contribution in [0.4, 0.5) is 5.69 Å². The monoisotopic (exact) mass is 437 g/mol. The van der Waals surface area contributed by atoms with Gasteiger partial charge in [-0.25, -0.2) is 9.59 Å². The molecule has 8 heteroatoms. The summed E-state index contributed by atoms with van der Waals surface area (Å²) in [4.78, 5) is 36.4. The van der Waals surface area contributed by atoms with Crippen LogP contribution in [0.5, 0.6) is 5.75 Å². The Bertz CT molecular complexity index is 1190. The van der Waals surface area contributed by atoms with Crippen molar-refractivity contribution in [2.45, 2.75) is 25.7 Å². The topological polar surface area (TPSA) is 104 Å². The number of hydrogen-bond donors (Lipinski definition) is 1. The zero-order valence-corrected chi connectivity index (χ0v) is 17.9. The third-order valence-electron chi connectivity index (χ3n) is 5.42. The molecular formula is C24H23NO7. The maximum absolute atomic E-state index is 12.5. The van der Waals surface area contributed by atoms with E-state index in [0.29, 0.717) is 5.75 Å². The maximum Gasteiger partial charge on any atom is 0.339 e. The first kappa shape index (κ1) is 21.4. The number of amides is 1. The van der Waals surface area contributed by atoms with Gasteiger partial charge in [0, 0.05) is 17.4 Å². The minimum Gasteiger partial charge on any atom is -0.484 e. The highest BCUT2D eigenvalue weighted by atomic mass is 16.5. The molecule has 0 bridgehead atoms. The van der Waals surface area contributed by atoms with Gasteiger partial charge in [0.25, 0.3) is 5.91 Å². The number of fused-ring (bicyclic) bond motifs is 3. The zero-order valence-electron chi connectivity index (χ0n) is 17.9. The van der Waals surface area contributed by atoms with Gasteiger partial charge >= 0.3 is 11.9 Å². The molecular weight excluding hydrogens is 414 g/mol. The molecule has 1 heterocycles. The molecule has 166 valence electrons. The van der Waals surface area contributed by atoms with E-state index in [1.54, 1.807) is 6.07 Å². The Labute approximate surface area is 184 Å². The molecule has 1 amide bonds. The van der Waals surface area contributed by atoms with Crippen LogP contribution in [0.15, 0.2) is 40.8 Å². The van der Waals surface area contributed by atoms with Crippen molar-refractivity contribution in [3.05, 3.63) is 58.8 Å². The van der Waals surface area contributed by atoms with Crippen LogP contribution in [-0.4, -0.2) is 38.7 Å². The predicted octanol–water partition coefficient (Wildman–Crippen LogP) is 3.90. The van der Waals surface area contributed by atoms with Crippen molar-refractivity contribution in [1.82, 2.24) is 0 Å². The minimum absolute atomic E-state index is 0.111. The zero-order chi connectivity index (χ0) is 22.7. The summed E-state index contributed by atoms with van der Waals surface area (Å²) in [5.74, 6) is -0.162. The largest absolute Gasteiger partial charge is 0.484 e. The Morgan fingerprint density at radius 3 is 2.53 bits per heavy atom. The summed E-state index contributed by atoms with van der Waals surface area (Å²) in [6.07, 6.45) is 4.16. The molecule has 32 heavy (non-hydrogen) atoms. The van der Waals surface area contributed by atoms with E-state index in [-0.39, 0.29) is 23.4 Å². The molecule has 2 aromatic carbocycles. The van der Waals surface area contributed by atoms with Gasteiger partial charge in [0.2, 0.25) is 0 Å². The van der Waals surface area contributed by atoms with Crippen molar-refractivity contribution < 1.29 is 33.0 Å². The highest BCUT2D eigenvalue weighted by molar-refractivity contribution is 6.03. The molecule has 0 unspecified atom stereocenters. The number of furan rings is 1. The number of anilines is 1. The van der Waals surface area contributed by atoms with Gasteiger partial charge in [0.05, 0.1) is 31.0 Å². The maximum atomic E-state index is 12.5. The highest BCUT2D eigenvalue weighted by Gasteiger charge is 2.19. The van der Waals surface area contributed by atoms with E-state index >= 15 is 0 Å². The van der Waals surface area contributed by atoms with Gasteiger partial charge in [0.15, 0.2) is 6.61 Å². The first-order valence-electron chi connectivity index (χ1n) is 10.3. The SMILES string of the molecule is COC(=O)c1ccc(C(=O)OC)c(NC(=O)COc2ccc3oc4c(c3c2)CCCC4)c1. The van der Waals surface area contributed by atoms with Crippen molar-refractivity contribution in [2.75, 3.05) is 26.1 Å². The lowest BCUT2D eigenvalue weighted by Crippen LogP contribution is -2.22. The summed E-state index contributed by atoms with van der Waals surface area (Å²) in [6, 6.07) is 9.65. The summed E-state index contributed by atoms with van der Waals surface area (Å²) in [5, 5.41) is 3.62. The van der Waals surface area contributed by atoms with E-state index in [4.69, 9.17) is 18.6 Å². The number of nitrogens with one attached hydrogen (secondary N) is 1. The Kier molecular flexibility index (Phi) is 6.11. The Morgan fingerprint density at radius 2 is 1.75 bits per heavy atom. The summed E-state index contributed by atoms with van der Waals surface area (Å²) in [6.45, 7) is -0.283. The predicted molar refractivity (Wildman–Crippen MR) is 116 cm³/mol. The second-order valence-corrected chi connectivity index (χ2v) is 7.45. The Hall–Kier alpha value is -3.81. The average molecular weight is 437 g/mol. The van der Waals surface area contributed by atoms with E-state index in [1.807, 2.05) is 12.1 Å². The third-order valence-corrected chi connectivity index (χ3v) is 5.42. The number of rotatable bonds is 6. The van der Waals surface area contributed by atoms with Gasteiger partial charge < -0.3 is 23.9 Å². The second-order valence-electron chi connectivity index (χ2n) is 7.45. The molecule has 0 fully saturated rings. The lowest BCUT2D eigenvalue weighted by Gasteiger charge is -2.12. The molecule has 0 spiro atoms. The molecule has 1 aliphatic rings. The van der Waals surface area contributed by atoms with Crippen molar-refractivity contribution in [3.63, 3.8) is 0 Å². The first-order chi connectivity index (χ1) is 15.5. The molecule has 0 saturated heterocycles. The number of carbonyl (C=O) groups is 3. The van der Waals surface area contributed by atoms with Gasteiger partial charge in [0.1, 0.15) is 17.1 Å². The highest BCUT2D eigenvalue weighted by Crippen LogP contribution is 2.34. The van der Waals surface area contributed by atoms with Crippen LogP contribution in [0.1, 0.15) is 44.9 Å². The van der Waals surface area contributed by atoms with Gasteiger partial charge in [-0.2, -0.15) is 0 Å². The van der Waals surface area contributed by atoms with E-state index in [9.17, 15) is 14.4 Å². The van der Waals surface area contributed by atoms with E-state index < -0.39 is 17.8 Å². The number of carbonyl (C=O) groups excluding carboxylic acids is 3. The van der Waals surface area contributed by atoms with Gasteiger partial charge in [-0.3, -0.25) is 4.79 Å². The molecule has 4 rings (SSSR count). The van der Waals surface area contributed by atoms with Crippen LogP contribution in [-0.2, 0) is 27.1 Å². The van der Waals surface area contributed by atoms with Gasteiger partial charge in [-0.1, -0.05) is 0 Å². The lowest BCUT2D eigenvalue weighted by atomic mass is 9.96. The third kappa shape index (κ3) is 4.30. The number of ether oxygens (including phenoxy) is 3. The van der Waals surface area contributed by atoms with Crippen LogP contribution in [0, 0.1) is 0 Å². The molecule has 0 aliphatic heterocycles. The fourth-order valence-electron chi connectivity index (χ4n) is 3.85. The van der Waals surface area contributed by atoms with Crippen LogP contribution < -0.4 is 10.1 Å². The van der Waals surface area contributed by atoms with Crippen molar-refractivity contribution in [1.29, 1.82) is 0 Å². The standard InChI is InChI=1S/C24H23NO7/c1-29-23(27)14-7-9-17(24(28)30-2)19(11-14)25-22(26)13-31-15-8-10-21-18(12-15)16-5-3-4-6-20(16)32-21/h7-12H,3-6,13H2,1-2H3,(H,25,26). The van der Waals surface area contributed by atoms with E-state index in [1.165, 1.54) is 38.0 Å². The normalized spacial score (nSPS) is 12.7. The smallest absolute Gasteiger partial charge is 0.339 e. The number of benzene rings is 2. The number of methoxy groups -OCH3 is 2. The van der Waals surface area contributed by atoms with Crippen molar-refractivity contribution in [2.24, 2.45) is 0 Å². The minimum atomic E-state index is -0.646. The first-order valence-corrected chi connectivity index (χ1v) is 10.3. The van der Waals surface area contributed by atoms with Gasteiger partial charge in [-0.15, -0.1) is 0 Å². The van der Waals surface area contributed by atoms with E-state index in [0.717, 1.165) is 42.4 Å². The molecule has 1 aliphatic carbocycles. The quantitative estimate of drug-likeness (QED) is 0.583. The van der Waals surface area contributed by atoms with Crippen LogP contribution in [0.2, 0.25) is 0 Å². The van der Waals surface area contributed by atoms with Gasteiger partial charge in [-0.05, 0) is 55.7 Å².